The number of carbonyl (C=O) groups excluding carboxylic acids is 2. The summed E-state index contributed by atoms with van der Waals surface area (Å²) in [5.41, 5.74) is 28.4. The second kappa shape index (κ2) is 13.5. The Morgan fingerprint density at radius 1 is 0.971 bits per heavy atom. The number of benzene rings is 2. The van der Waals surface area contributed by atoms with Crippen molar-refractivity contribution in [2.24, 2.45) is 33.8 Å². The van der Waals surface area contributed by atoms with E-state index in [1.165, 1.54) is 5.56 Å². The van der Waals surface area contributed by atoms with Crippen LogP contribution in [0, 0.1) is 26.7 Å². The molecule has 0 heterocycles. The van der Waals surface area contributed by atoms with Gasteiger partial charge < -0.3 is 28.3 Å². The molecule has 0 bridgehead atoms. The fourth-order valence-electron chi connectivity index (χ4n) is 4.49. The van der Waals surface area contributed by atoms with Gasteiger partial charge in [-0.3, -0.25) is 14.6 Å². The van der Waals surface area contributed by atoms with E-state index in [4.69, 9.17) is 22.9 Å². The van der Waals surface area contributed by atoms with E-state index in [2.05, 4.69) is 29.4 Å². The van der Waals surface area contributed by atoms with Crippen molar-refractivity contribution in [2.75, 3.05) is 6.54 Å². The molecule has 8 nitrogen and oxygen atoms in total. The van der Waals surface area contributed by atoms with Crippen LogP contribution < -0.4 is 28.3 Å². The number of aliphatic imine (C=N–C) groups is 1. The third-order valence-electron chi connectivity index (χ3n) is 6.25. The highest BCUT2D eigenvalue weighted by molar-refractivity contribution is 5.82. The number of carbonyl (C=O) groups is 2. The van der Waals surface area contributed by atoms with Gasteiger partial charge in [-0.2, -0.15) is 0 Å². The number of amides is 2. The third kappa shape index (κ3) is 9.41. The molecule has 0 aliphatic rings. The molecule has 0 saturated heterocycles. The average Bonchev–Trinajstić information content (AvgIpc) is 2.78. The second-order valence-electron chi connectivity index (χ2n) is 9.37. The van der Waals surface area contributed by atoms with Crippen LogP contribution in [-0.4, -0.2) is 36.4 Å². The zero-order valence-corrected chi connectivity index (χ0v) is 21.1. The monoisotopic (exact) mass is 480 g/mol. The Bertz CT molecular complexity index is 995. The van der Waals surface area contributed by atoms with Crippen LogP contribution in [0.3, 0.4) is 0 Å². The minimum absolute atomic E-state index is 0.0239. The van der Waals surface area contributed by atoms with Gasteiger partial charge in [0.15, 0.2) is 5.96 Å². The first-order chi connectivity index (χ1) is 16.6. The first kappa shape index (κ1) is 27.9. The summed E-state index contributed by atoms with van der Waals surface area (Å²) in [6, 6.07) is 12.9. The van der Waals surface area contributed by atoms with Gasteiger partial charge in [-0.05, 0) is 75.1 Å². The Hall–Kier alpha value is -3.39. The molecule has 0 radical (unpaired) electrons. The van der Waals surface area contributed by atoms with Crippen molar-refractivity contribution >= 4 is 17.8 Å². The summed E-state index contributed by atoms with van der Waals surface area (Å²) < 4.78 is 0. The maximum Gasteiger partial charge on any atom is 0.237 e. The fourth-order valence-corrected chi connectivity index (χ4v) is 4.49. The third-order valence-corrected chi connectivity index (χ3v) is 6.25. The summed E-state index contributed by atoms with van der Waals surface area (Å²) >= 11 is 0. The van der Waals surface area contributed by atoms with Crippen LogP contribution in [0.5, 0.6) is 0 Å². The number of guanidine groups is 1. The van der Waals surface area contributed by atoms with E-state index in [0.717, 1.165) is 22.3 Å². The van der Waals surface area contributed by atoms with Gasteiger partial charge in [0.25, 0.3) is 0 Å². The predicted octanol–water partition coefficient (Wildman–Crippen LogP) is 1.75. The Kier molecular flexibility index (Phi) is 10.7. The van der Waals surface area contributed by atoms with E-state index in [9.17, 15) is 9.59 Å². The van der Waals surface area contributed by atoms with E-state index in [-0.39, 0.29) is 23.8 Å². The van der Waals surface area contributed by atoms with E-state index in [1.807, 2.05) is 44.2 Å². The summed E-state index contributed by atoms with van der Waals surface area (Å²) in [7, 11) is 0. The van der Waals surface area contributed by atoms with Crippen molar-refractivity contribution < 1.29 is 9.59 Å². The highest BCUT2D eigenvalue weighted by atomic mass is 16.2. The number of rotatable bonds is 13. The molecule has 0 saturated carbocycles. The van der Waals surface area contributed by atoms with Crippen LogP contribution >= 0.6 is 0 Å². The molecular formula is C27H40N6O2. The number of nitrogens with zero attached hydrogens (tertiary/aromatic N) is 1. The van der Waals surface area contributed by atoms with Crippen molar-refractivity contribution in [3.05, 3.63) is 70.3 Å². The van der Waals surface area contributed by atoms with E-state index in [0.29, 0.717) is 38.6 Å². The molecule has 2 aromatic rings. The van der Waals surface area contributed by atoms with Gasteiger partial charge in [0, 0.05) is 18.5 Å². The lowest BCUT2D eigenvalue weighted by Gasteiger charge is -2.25. The van der Waals surface area contributed by atoms with Crippen LogP contribution in [0.1, 0.15) is 47.1 Å². The predicted molar refractivity (Wildman–Crippen MR) is 142 cm³/mol. The van der Waals surface area contributed by atoms with Crippen molar-refractivity contribution in [1.82, 2.24) is 5.32 Å². The highest BCUT2D eigenvalue weighted by Crippen LogP contribution is 2.23. The van der Waals surface area contributed by atoms with Gasteiger partial charge in [0.05, 0.1) is 6.04 Å². The minimum Gasteiger partial charge on any atom is -0.370 e. The van der Waals surface area contributed by atoms with Crippen LogP contribution in [0.25, 0.3) is 0 Å². The molecule has 8 heteroatoms. The van der Waals surface area contributed by atoms with Crippen molar-refractivity contribution in [3.8, 4) is 0 Å². The maximum atomic E-state index is 12.9. The van der Waals surface area contributed by atoms with Crippen molar-refractivity contribution in [1.29, 1.82) is 0 Å². The molecule has 0 spiro atoms. The molecule has 35 heavy (non-hydrogen) atoms. The van der Waals surface area contributed by atoms with E-state index < -0.39 is 12.0 Å². The molecule has 0 unspecified atom stereocenters. The molecule has 0 fully saturated rings. The zero-order valence-electron chi connectivity index (χ0n) is 21.1. The smallest absolute Gasteiger partial charge is 0.237 e. The molecule has 0 aliphatic heterocycles. The maximum absolute atomic E-state index is 12.9. The number of hydrogen-bond acceptors (Lipinski definition) is 4. The van der Waals surface area contributed by atoms with Crippen LogP contribution in [0.4, 0.5) is 0 Å². The molecule has 9 N–H and O–H groups in total. The number of aryl methyl sites for hydroxylation is 3. The van der Waals surface area contributed by atoms with Crippen molar-refractivity contribution in [3.63, 3.8) is 0 Å². The van der Waals surface area contributed by atoms with Gasteiger partial charge in [0.1, 0.15) is 0 Å². The lowest BCUT2D eigenvalue weighted by atomic mass is 9.86. The quantitative estimate of drug-likeness (QED) is 0.167. The van der Waals surface area contributed by atoms with Gasteiger partial charge in [0.2, 0.25) is 11.8 Å². The van der Waals surface area contributed by atoms with Gasteiger partial charge in [-0.15, -0.1) is 0 Å². The highest BCUT2D eigenvalue weighted by Gasteiger charge is 2.25. The van der Waals surface area contributed by atoms with E-state index >= 15 is 0 Å². The minimum atomic E-state index is -0.703. The topological polar surface area (TPSA) is 163 Å². The number of nitrogens with one attached hydrogen (secondary N) is 1. The molecule has 2 rings (SSSR count). The first-order valence-corrected chi connectivity index (χ1v) is 12.1. The Balaban J connectivity index is 2.14. The fraction of sp³-hybridized carbons (Fsp3) is 0.444. The van der Waals surface area contributed by atoms with Crippen LogP contribution in [-0.2, 0) is 22.4 Å². The molecular weight excluding hydrogens is 440 g/mol. The Morgan fingerprint density at radius 2 is 1.60 bits per heavy atom. The molecule has 0 aliphatic carbocycles. The van der Waals surface area contributed by atoms with Crippen LogP contribution in [0.2, 0.25) is 0 Å². The standard InChI is InChI=1S/C27H40N6O2/c1-17-12-18(2)23(19(3)13-17)16-21(25(29)34)15-22(10-7-11-32-27(30)31)33-26(35)24(28)14-20-8-5-4-6-9-20/h4-6,8-9,12-13,21-22,24H,7,10-11,14-16,28H2,1-3H3,(H2,29,34)(H,33,35)(H4,30,31,32)/t21-,22-,24+/m1/s1. The largest absolute Gasteiger partial charge is 0.370 e. The molecule has 3 atom stereocenters. The summed E-state index contributed by atoms with van der Waals surface area (Å²) in [6.07, 6.45) is 2.59. The Labute approximate surface area is 208 Å². The molecule has 2 aromatic carbocycles. The SMILES string of the molecule is Cc1cc(C)c(C[C@@H](C[C@@H](CCCN=C(N)N)NC(=O)[C@@H](N)Cc2ccccc2)C(N)=O)c(C)c1. The summed E-state index contributed by atoms with van der Waals surface area (Å²) in [6.45, 7) is 6.58. The van der Waals surface area contributed by atoms with Gasteiger partial charge in [-0.1, -0.05) is 48.0 Å². The molecule has 0 aromatic heterocycles. The number of primary amides is 1. The lowest BCUT2D eigenvalue weighted by Crippen LogP contribution is -2.47. The van der Waals surface area contributed by atoms with Gasteiger partial charge in [-0.25, -0.2) is 0 Å². The lowest BCUT2D eigenvalue weighted by molar-refractivity contribution is -0.125. The molecule has 2 amide bonds. The number of nitrogens with two attached hydrogens (primary N) is 4. The van der Waals surface area contributed by atoms with Gasteiger partial charge >= 0.3 is 0 Å². The summed E-state index contributed by atoms with van der Waals surface area (Å²) in [5, 5.41) is 3.05. The van der Waals surface area contributed by atoms with Crippen molar-refractivity contribution in [2.45, 2.75) is 65.0 Å². The average molecular weight is 481 g/mol. The normalized spacial score (nSPS) is 13.5. The number of hydrogen-bond donors (Lipinski definition) is 5. The zero-order chi connectivity index (χ0) is 26.0. The second-order valence-corrected chi connectivity index (χ2v) is 9.37. The first-order valence-electron chi connectivity index (χ1n) is 12.1. The van der Waals surface area contributed by atoms with E-state index in [1.54, 1.807) is 0 Å². The van der Waals surface area contributed by atoms with Crippen LogP contribution in [0.15, 0.2) is 47.5 Å². The Morgan fingerprint density at radius 3 is 2.17 bits per heavy atom. The summed E-state index contributed by atoms with van der Waals surface area (Å²) in [5.74, 6) is -1.06. The summed E-state index contributed by atoms with van der Waals surface area (Å²) in [4.78, 5) is 29.4. The molecule has 190 valence electrons.